The third-order valence-electron chi connectivity index (χ3n) is 4.73. The van der Waals surface area contributed by atoms with Crippen LogP contribution >= 0.6 is 0 Å². The largest absolute Gasteiger partial charge is 0.355 e. The van der Waals surface area contributed by atoms with Crippen molar-refractivity contribution >= 4 is 5.91 Å². The predicted molar refractivity (Wildman–Crippen MR) is 91.3 cm³/mol. The molecule has 0 unspecified atom stereocenters. The van der Waals surface area contributed by atoms with Crippen LogP contribution in [0.25, 0.3) is 0 Å². The Morgan fingerprint density at radius 3 is 2.70 bits per heavy atom. The van der Waals surface area contributed by atoms with Gasteiger partial charge in [-0.1, -0.05) is 37.3 Å². The molecule has 0 saturated heterocycles. The zero-order chi connectivity index (χ0) is 16.3. The fourth-order valence-corrected chi connectivity index (χ4v) is 3.23. The Balaban J connectivity index is 1.58. The number of aryl methyl sites for hydroxylation is 1. The molecule has 1 amide bonds. The lowest BCUT2D eigenvalue weighted by Crippen LogP contribution is -2.36. The number of nitrogens with one attached hydrogen (secondary N) is 1. The number of imidazole rings is 1. The van der Waals surface area contributed by atoms with Crippen LogP contribution in [-0.4, -0.2) is 22.0 Å². The van der Waals surface area contributed by atoms with E-state index < -0.39 is 0 Å². The van der Waals surface area contributed by atoms with Crippen molar-refractivity contribution in [3.8, 4) is 0 Å². The molecule has 3 rings (SSSR count). The normalized spacial score (nSPS) is 15.4. The number of hydrogen-bond donors (Lipinski definition) is 1. The van der Waals surface area contributed by atoms with E-state index in [-0.39, 0.29) is 11.3 Å². The van der Waals surface area contributed by atoms with E-state index in [4.69, 9.17) is 0 Å². The molecular weight excluding hydrogens is 286 g/mol. The Labute approximate surface area is 137 Å². The van der Waals surface area contributed by atoms with E-state index in [9.17, 15) is 4.79 Å². The minimum Gasteiger partial charge on any atom is -0.355 e. The Bertz CT molecular complexity index is 671. The van der Waals surface area contributed by atoms with Crippen LogP contribution in [0, 0.1) is 6.92 Å². The maximum Gasteiger partial charge on any atom is 0.230 e. The molecule has 0 aliphatic heterocycles. The molecular formula is C19H25N3O. The molecule has 0 bridgehead atoms. The van der Waals surface area contributed by atoms with Crippen molar-refractivity contribution in [1.82, 2.24) is 14.9 Å². The van der Waals surface area contributed by atoms with Crippen LogP contribution in [0.5, 0.6) is 0 Å². The molecule has 2 aromatic rings. The summed E-state index contributed by atoms with van der Waals surface area (Å²) in [5.74, 6) is 1.23. The highest BCUT2D eigenvalue weighted by Gasteiger charge is 2.50. The topological polar surface area (TPSA) is 46.9 Å². The predicted octanol–water partition coefficient (Wildman–Crippen LogP) is 2.99. The van der Waals surface area contributed by atoms with Gasteiger partial charge in [-0.2, -0.15) is 0 Å². The van der Waals surface area contributed by atoms with Gasteiger partial charge in [0.05, 0.1) is 5.41 Å². The standard InChI is InChI=1S/C19H25N3O/c1-3-13-22-15(2)14-21-17(22)9-12-20-18(23)19(10-11-19)16-7-5-4-6-8-16/h4-8,14H,3,9-13H2,1-2H3,(H,20,23). The molecule has 1 aromatic carbocycles. The number of benzene rings is 1. The van der Waals surface area contributed by atoms with Crippen molar-refractivity contribution in [2.24, 2.45) is 0 Å². The lowest BCUT2D eigenvalue weighted by atomic mass is 9.95. The maximum absolute atomic E-state index is 12.6. The molecule has 1 N–H and O–H groups in total. The van der Waals surface area contributed by atoms with Gasteiger partial charge >= 0.3 is 0 Å². The summed E-state index contributed by atoms with van der Waals surface area (Å²) in [6, 6.07) is 10.1. The zero-order valence-electron chi connectivity index (χ0n) is 14.0. The van der Waals surface area contributed by atoms with Crippen LogP contribution in [0.4, 0.5) is 0 Å². The van der Waals surface area contributed by atoms with Crippen molar-refractivity contribution < 1.29 is 4.79 Å². The third kappa shape index (κ3) is 3.16. The van der Waals surface area contributed by atoms with Gasteiger partial charge in [0.25, 0.3) is 0 Å². The molecule has 4 nitrogen and oxygen atoms in total. The van der Waals surface area contributed by atoms with Crippen molar-refractivity contribution in [2.75, 3.05) is 6.54 Å². The molecule has 1 aromatic heterocycles. The van der Waals surface area contributed by atoms with Crippen LogP contribution in [-0.2, 0) is 23.2 Å². The molecule has 0 radical (unpaired) electrons. The molecule has 122 valence electrons. The number of rotatable bonds is 7. The van der Waals surface area contributed by atoms with Crippen LogP contribution in [0.15, 0.2) is 36.5 Å². The SMILES string of the molecule is CCCn1c(C)cnc1CCNC(=O)C1(c2ccccc2)CC1. The summed E-state index contributed by atoms with van der Waals surface area (Å²) in [5.41, 5.74) is 2.05. The van der Waals surface area contributed by atoms with Crippen LogP contribution < -0.4 is 5.32 Å². The minimum absolute atomic E-state index is 0.161. The Morgan fingerprint density at radius 1 is 1.30 bits per heavy atom. The van der Waals surface area contributed by atoms with E-state index in [1.165, 1.54) is 5.69 Å². The van der Waals surface area contributed by atoms with Gasteiger partial charge in [-0.05, 0) is 31.7 Å². The number of carbonyl (C=O) groups is 1. The van der Waals surface area contributed by atoms with E-state index in [1.54, 1.807) is 0 Å². The van der Waals surface area contributed by atoms with Gasteiger partial charge in [-0.15, -0.1) is 0 Å². The summed E-state index contributed by atoms with van der Waals surface area (Å²) >= 11 is 0. The first kappa shape index (κ1) is 15.8. The minimum atomic E-state index is -0.282. The first-order valence-corrected chi connectivity index (χ1v) is 8.52. The number of aromatic nitrogens is 2. The van der Waals surface area contributed by atoms with Crippen molar-refractivity contribution in [3.05, 3.63) is 53.6 Å². The van der Waals surface area contributed by atoms with Crippen molar-refractivity contribution in [2.45, 2.75) is 51.5 Å². The highest BCUT2D eigenvalue weighted by atomic mass is 16.2. The summed E-state index contributed by atoms with van der Waals surface area (Å²) in [5, 5.41) is 3.12. The average molecular weight is 311 g/mol. The van der Waals surface area contributed by atoms with E-state index >= 15 is 0 Å². The molecule has 1 fully saturated rings. The zero-order valence-corrected chi connectivity index (χ0v) is 14.0. The van der Waals surface area contributed by atoms with E-state index in [0.29, 0.717) is 6.54 Å². The smallest absolute Gasteiger partial charge is 0.230 e. The summed E-state index contributed by atoms with van der Waals surface area (Å²) in [7, 11) is 0. The Hall–Kier alpha value is -2.10. The molecule has 0 spiro atoms. The van der Waals surface area contributed by atoms with Gasteiger partial charge in [0.2, 0.25) is 5.91 Å². The van der Waals surface area contributed by atoms with Gasteiger partial charge in [0.1, 0.15) is 5.82 Å². The number of nitrogens with zero attached hydrogens (tertiary/aromatic N) is 2. The molecule has 23 heavy (non-hydrogen) atoms. The fourth-order valence-electron chi connectivity index (χ4n) is 3.23. The second-order valence-corrected chi connectivity index (χ2v) is 6.42. The molecule has 1 aliphatic rings. The third-order valence-corrected chi connectivity index (χ3v) is 4.73. The Kier molecular flexibility index (Phi) is 4.51. The van der Waals surface area contributed by atoms with E-state index in [2.05, 4.69) is 40.8 Å². The lowest BCUT2D eigenvalue weighted by molar-refractivity contribution is -0.123. The second-order valence-electron chi connectivity index (χ2n) is 6.42. The van der Waals surface area contributed by atoms with Gasteiger partial charge in [0, 0.05) is 31.4 Å². The van der Waals surface area contributed by atoms with E-state index in [1.807, 2.05) is 24.4 Å². The Morgan fingerprint density at radius 2 is 2.04 bits per heavy atom. The highest BCUT2D eigenvalue weighted by Crippen LogP contribution is 2.48. The number of amides is 1. The summed E-state index contributed by atoms with van der Waals surface area (Å²) in [6.45, 7) is 5.89. The molecule has 0 atom stereocenters. The monoisotopic (exact) mass is 311 g/mol. The van der Waals surface area contributed by atoms with Gasteiger partial charge < -0.3 is 9.88 Å². The van der Waals surface area contributed by atoms with Crippen molar-refractivity contribution in [3.63, 3.8) is 0 Å². The van der Waals surface area contributed by atoms with Gasteiger partial charge in [0.15, 0.2) is 0 Å². The fraction of sp³-hybridized carbons (Fsp3) is 0.474. The molecule has 1 saturated carbocycles. The first-order valence-electron chi connectivity index (χ1n) is 8.52. The van der Waals surface area contributed by atoms with Crippen LogP contribution in [0.1, 0.15) is 43.3 Å². The summed E-state index contributed by atoms with van der Waals surface area (Å²) in [6.07, 6.45) is 5.69. The second kappa shape index (κ2) is 6.57. The molecule has 1 aliphatic carbocycles. The molecule has 4 heteroatoms. The maximum atomic E-state index is 12.6. The lowest BCUT2D eigenvalue weighted by Gasteiger charge is -2.16. The van der Waals surface area contributed by atoms with E-state index in [0.717, 1.165) is 43.6 Å². The van der Waals surface area contributed by atoms with Crippen molar-refractivity contribution in [1.29, 1.82) is 0 Å². The number of hydrogen-bond acceptors (Lipinski definition) is 2. The number of carbonyl (C=O) groups excluding carboxylic acids is 1. The summed E-state index contributed by atoms with van der Waals surface area (Å²) in [4.78, 5) is 17.1. The molecule has 1 heterocycles. The highest BCUT2D eigenvalue weighted by molar-refractivity contribution is 5.91. The quantitative estimate of drug-likeness (QED) is 0.854. The van der Waals surface area contributed by atoms with Crippen LogP contribution in [0.3, 0.4) is 0 Å². The summed E-state index contributed by atoms with van der Waals surface area (Å²) < 4.78 is 2.25. The van der Waals surface area contributed by atoms with Crippen LogP contribution in [0.2, 0.25) is 0 Å². The van der Waals surface area contributed by atoms with Gasteiger partial charge in [-0.3, -0.25) is 4.79 Å². The van der Waals surface area contributed by atoms with Gasteiger partial charge in [-0.25, -0.2) is 4.98 Å². The average Bonchev–Trinajstić information content (AvgIpc) is 3.32. The first-order chi connectivity index (χ1) is 11.2.